The SMILES string of the molecule is CN(CC(C)(C)CN)C(=O)c1csc(Br)c1. The van der Waals surface area contributed by atoms with E-state index in [2.05, 4.69) is 29.8 Å². The molecule has 0 unspecified atom stereocenters. The Morgan fingerprint density at radius 3 is 2.69 bits per heavy atom. The fraction of sp³-hybridized carbons (Fsp3) is 0.545. The molecule has 0 atom stereocenters. The molecule has 5 heteroatoms. The predicted molar refractivity (Wildman–Crippen MR) is 71.8 cm³/mol. The average Bonchev–Trinajstić information content (AvgIpc) is 2.63. The molecule has 1 aromatic rings. The van der Waals surface area contributed by atoms with Crippen LogP contribution in [0.15, 0.2) is 15.2 Å². The fourth-order valence-corrected chi connectivity index (χ4v) is 2.55. The van der Waals surface area contributed by atoms with Gasteiger partial charge in [-0.3, -0.25) is 4.79 Å². The Morgan fingerprint density at radius 1 is 1.62 bits per heavy atom. The number of nitrogens with zero attached hydrogens (tertiary/aromatic N) is 1. The number of thiophene rings is 1. The third kappa shape index (κ3) is 3.57. The average molecular weight is 305 g/mol. The highest BCUT2D eigenvalue weighted by Crippen LogP contribution is 2.22. The highest BCUT2D eigenvalue weighted by atomic mass is 79.9. The van der Waals surface area contributed by atoms with Crippen LogP contribution in [0.2, 0.25) is 0 Å². The van der Waals surface area contributed by atoms with Gasteiger partial charge in [0.25, 0.3) is 5.91 Å². The Hall–Kier alpha value is -0.390. The molecule has 90 valence electrons. The fourth-order valence-electron chi connectivity index (χ4n) is 1.42. The van der Waals surface area contributed by atoms with Crippen LogP contribution in [0.4, 0.5) is 0 Å². The Labute approximate surface area is 109 Å². The third-order valence-corrected chi connectivity index (χ3v) is 3.88. The molecule has 2 N–H and O–H groups in total. The lowest BCUT2D eigenvalue weighted by Gasteiger charge is -2.28. The van der Waals surface area contributed by atoms with Crippen molar-refractivity contribution in [3.8, 4) is 0 Å². The van der Waals surface area contributed by atoms with Gasteiger partial charge in [-0.2, -0.15) is 0 Å². The Bertz CT molecular complexity index is 376. The number of nitrogens with two attached hydrogens (primary N) is 1. The van der Waals surface area contributed by atoms with E-state index in [0.717, 1.165) is 9.35 Å². The van der Waals surface area contributed by atoms with E-state index >= 15 is 0 Å². The lowest BCUT2D eigenvalue weighted by Crippen LogP contribution is -2.39. The van der Waals surface area contributed by atoms with E-state index in [4.69, 9.17) is 5.73 Å². The van der Waals surface area contributed by atoms with Crippen LogP contribution in [0, 0.1) is 5.41 Å². The summed E-state index contributed by atoms with van der Waals surface area (Å²) in [7, 11) is 1.81. The van der Waals surface area contributed by atoms with Gasteiger partial charge in [-0.25, -0.2) is 0 Å². The molecule has 0 saturated carbocycles. The molecule has 0 aromatic carbocycles. The highest BCUT2D eigenvalue weighted by Gasteiger charge is 2.22. The molecule has 1 amide bonds. The summed E-state index contributed by atoms with van der Waals surface area (Å²) < 4.78 is 0.974. The second-order valence-electron chi connectivity index (χ2n) is 4.67. The second-order valence-corrected chi connectivity index (χ2v) is 6.96. The van der Waals surface area contributed by atoms with Gasteiger partial charge in [0.1, 0.15) is 0 Å². The van der Waals surface area contributed by atoms with E-state index in [0.29, 0.717) is 13.1 Å². The van der Waals surface area contributed by atoms with Crippen molar-refractivity contribution in [2.45, 2.75) is 13.8 Å². The first-order valence-electron chi connectivity index (χ1n) is 5.05. The van der Waals surface area contributed by atoms with Gasteiger partial charge in [0, 0.05) is 19.0 Å². The molecule has 0 aliphatic heterocycles. The van der Waals surface area contributed by atoms with Crippen molar-refractivity contribution in [1.82, 2.24) is 4.90 Å². The van der Waals surface area contributed by atoms with E-state index in [1.165, 1.54) is 11.3 Å². The summed E-state index contributed by atoms with van der Waals surface area (Å²) in [6.07, 6.45) is 0. The van der Waals surface area contributed by atoms with Crippen LogP contribution in [0.25, 0.3) is 0 Å². The smallest absolute Gasteiger partial charge is 0.254 e. The first-order valence-corrected chi connectivity index (χ1v) is 6.72. The molecule has 0 fully saturated rings. The van der Waals surface area contributed by atoms with Crippen molar-refractivity contribution in [3.05, 3.63) is 20.8 Å². The maximum Gasteiger partial charge on any atom is 0.254 e. The van der Waals surface area contributed by atoms with Crippen LogP contribution in [-0.2, 0) is 0 Å². The zero-order valence-electron chi connectivity index (χ0n) is 9.79. The largest absolute Gasteiger partial charge is 0.341 e. The van der Waals surface area contributed by atoms with Crippen LogP contribution in [0.3, 0.4) is 0 Å². The summed E-state index contributed by atoms with van der Waals surface area (Å²) in [5.74, 6) is 0.0449. The zero-order chi connectivity index (χ0) is 12.3. The molecule has 0 bridgehead atoms. The maximum absolute atomic E-state index is 12.0. The molecule has 16 heavy (non-hydrogen) atoms. The lowest BCUT2D eigenvalue weighted by molar-refractivity contribution is 0.0741. The number of rotatable bonds is 4. The predicted octanol–water partition coefficient (Wildman–Crippen LogP) is 2.57. The molecule has 1 rings (SSSR count). The molecular weight excluding hydrogens is 288 g/mol. The van der Waals surface area contributed by atoms with E-state index < -0.39 is 0 Å². The first-order chi connectivity index (χ1) is 7.35. The van der Waals surface area contributed by atoms with E-state index in [9.17, 15) is 4.79 Å². The number of amides is 1. The van der Waals surface area contributed by atoms with Crippen molar-refractivity contribution < 1.29 is 4.79 Å². The van der Waals surface area contributed by atoms with E-state index in [1.807, 2.05) is 18.5 Å². The van der Waals surface area contributed by atoms with Crippen LogP contribution >= 0.6 is 27.3 Å². The molecule has 0 radical (unpaired) electrons. The normalized spacial score (nSPS) is 11.6. The van der Waals surface area contributed by atoms with E-state index in [1.54, 1.807) is 4.90 Å². The van der Waals surface area contributed by atoms with Gasteiger partial charge >= 0.3 is 0 Å². The Kier molecular flexibility index (Phi) is 4.52. The molecule has 0 aliphatic carbocycles. The minimum atomic E-state index is -0.0440. The highest BCUT2D eigenvalue weighted by molar-refractivity contribution is 9.11. The molecule has 0 saturated heterocycles. The van der Waals surface area contributed by atoms with Gasteiger partial charge in [-0.15, -0.1) is 11.3 Å². The summed E-state index contributed by atoms with van der Waals surface area (Å²) in [6.45, 7) is 5.34. The quantitative estimate of drug-likeness (QED) is 0.929. The number of carbonyl (C=O) groups excluding carboxylic acids is 1. The Morgan fingerprint density at radius 2 is 2.25 bits per heavy atom. The Balaban J connectivity index is 2.68. The topological polar surface area (TPSA) is 46.3 Å². The van der Waals surface area contributed by atoms with Crippen molar-refractivity contribution in [2.75, 3.05) is 20.1 Å². The minimum absolute atomic E-state index is 0.0440. The van der Waals surface area contributed by atoms with Crippen LogP contribution in [0.1, 0.15) is 24.2 Å². The first kappa shape index (κ1) is 13.7. The second kappa shape index (κ2) is 5.29. The van der Waals surface area contributed by atoms with Gasteiger partial charge in [0.15, 0.2) is 0 Å². The summed E-state index contributed by atoms with van der Waals surface area (Å²) in [4.78, 5) is 13.7. The summed E-state index contributed by atoms with van der Waals surface area (Å²) in [5.41, 5.74) is 6.34. The van der Waals surface area contributed by atoms with Crippen LogP contribution in [0.5, 0.6) is 0 Å². The summed E-state index contributed by atoms with van der Waals surface area (Å²) >= 11 is 4.87. The van der Waals surface area contributed by atoms with Crippen LogP contribution < -0.4 is 5.73 Å². The van der Waals surface area contributed by atoms with Crippen LogP contribution in [-0.4, -0.2) is 30.9 Å². The maximum atomic E-state index is 12.0. The number of hydrogen-bond acceptors (Lipinski definition) is 3. The molecule has 1 heterocycles. The van der Waals surface area contributed by atoms with Gasteiger partial charge in [0.2, 0.25) is 0 Å². The summed E-state index contributed by atoms with van der Waals surface area (Å²) in [6, 6.07) is 1.85. The van der Waals surface area contributed by atoms with Crippen molar-refractivity contribution in [2.24, 2.45) is 11.1 Å². The van der Waals surface area contributed by atoms with E-state index in [-0.39, 0.29) is 11.3 Å². The van der Waals surface area contributed by atoms with Crippen molar-refractivity contribution in [3.63, 3.8) is 0 Å². The molecule has 3 nitrogen and oxygen atoms in total. The standard InChI is InChI=1S/C11H17BrN2OS/c1-11(2,6-13)7-14(3)10(15)8-4-9(12)16-5-8/h4-5H,6-7,13H2,1-3H3. The van der Waals surface area contributed by atoms with Gasteiger partial charge < -0.3 is 10.6 Å². The zero-order valence-corrected chi connectivity index (χ0v) is 12.2. The molecule has 0 aliphatic rings. The molecule has 1 aromatic heterocycles. The number of carbonyl (C=O) groups is 1. The van der Waals surface area contributed by atoms with Gasteiger partial charge in [-0.1, -0.05) is 13.8 Å². The van der Waals surface area contributed by atoms with Gasteiger partial charge in [0.05, 0.1) is 9.35 Å². The lowest BCUT2D eigenvalue weighted by atomic mass is 9.93. The molecule has 0 spiro atoms. The molecular formula is C11H17BrN2OS. The van der Waals surface area contributed by atoms with Gasteiger partial charge in [-0.05, 0) is 34.0 Å². The van der Waals surface area contributed by atoms with Crippen molar-refractivity contribution in [1.29, 1.82) is 0 Å². The third-order valence-electron chi connectivity index (χ3n) is 2.38. The number of halogens is 1. The summed E-state index contributed by atoms with van der Waals surface area (Å²) in [5, 5.41) is 1.86. The van der Waals surface area contributed by atoms with Crippen molar-refractivity contribution >= 4 is 33.2 Å². The monoisotopic (exact) mass is 304 g/mol. The number of hydrogen-bond donors (Lipinski definition) is 1. The minimum Gasteiger partial charge on any atom is -0.341 e.